The Labute approximate surface area is 336 Å². The van der Waals surface area contributed by atoms with Gasteiger partial charge in [0.2, 0.25) is 0 Å². The van der Waals surface area contributed by atoms with E-state index in [1.165, 1.54) is 136 Å². The van der Waals surface area contributed by atoms with Gasteiger partial charge in [-0.2, -0.15) is 0 Å². The van der Waals surface area contributed by atoms with E-state index in [0.717, 1.165) is 34.8 Å². The van der Waals surface area contributed by atoms with E-state index in [1.54, 1.807) is 22.1 Å². The van der Waals surface area contributed by atoms with Crippen molar-refractivity contribution in [1.29, 1.82) is 0 Å². The first kappa shape index (κ1) is 30.0. The Morgan fingerprint density at radius 3 is 1.91 bits per heavy atom. The SMILES string of the molecule is c1ccc(-c2cc3c(c4c2C2CC5CC6CC4CC56C2)c2cc(-c4cccc5oc6ccccc6c45)cc4c5c6c(ncc5n3c42)C2CC3CC4CC6CC34C2)cc1. The summed E-state index contributed by atoms with van der Waals surface area (Å²) in [4.78, 5) is 5.64. The monoisotopic (exact) mass is 748 g/mol. The van der Waals surface area contributed by atoms with Crippen LogP contribution >= 0.6 is 0 Å². The van der Waals surface area contributed by atoms with Crippen molar-refractivity contribution in [3.63, 3.8) is 0 Å². The van der Waals surface area contributed by atoms with Crippen molar-refractivity contribution in [1.82, 2.24) is 9.38 Å². The summed E-state index contributed by atoms with van der Waals surface area (Å²) in [6.07, 6.45) is 16.4. The summed E-state index contributed by atoms with van der Waals surface area (Å²) in [6.45, 7) is 0. The smallest absolute Gasteiger partial charge is 0.136 e. The van der Waals surface area contributed by atoms with Crippen LogP contribution in [-0.4, -0.2) is 9.38 Å². The molecule has 280 valence electrons. The van der Waals surface area contributed by atoms with Gasteiger partial charge in [-0.25, -0.2) is 0 Å². The molecule has 3 heteroatoms. The number of pyridine rings is 1. The van der Waals surface area contributed by atoms with Gasteiger partial charge in [0.25, 0.3) is 0 Å². The van der Waals surface area contributed by atoms with Crippen LogP contribution < -0.4 is 0 Å². The van der Waals surface area contributed by atoms with E-state index in [9.17, 15) is 0 Å². The van der Waals surface area contributed by atoms with Crippen molar-refractivity contribution in [2.24, 2.45) is 34.5 Å². The maximum absolute atomic E-state index is 6.55. The Morgan fingerprint density at radius 1 is 0.500 bits per heavy atom. The van der Waals surface area contributed by atoms with Crippen LogP contribution in [0, 0.1) is 34.5 Å². The highest BCUT2D eigenvalue weighted by molar-refractivity contribution is 6.27. The highest BCUT2D eigenvalue weighted by atomic mass is 16.3. The molecule has 0 radical (unpaired) electrons. The third-order valence-corrected chi connectivity index (χ3v) is 19.5. The van der Waals surface area contributed by atoms with Crippen molar-refractivity contribution >= 4 is 60.0 Å². The molecular weight excluding hydrogens is 705 g/mol. The van der Waals surface area contributed by atoms with Crippen LogP contribution in [0.15, 0.2) is 102 Å². The van der Waals surface area contributed by atoms with E-state index >= 15 is 0 Å². The summed E-state index contributed by atoms with van der Waals surface area (Å²) >= 11 is 0. The lowest BCUT2D eigenvalue weighted by atomic mass is 9.56. The number of benzene rings is 5. The molecule has 5 aromatic carbocycles. The molecule has 10 atom stereocenters. The Kier molecular flexibility index (Phi) is 4.90. The van der Waals surface area contributed by atoms with Gasteiger partial charge < -0.3 is 8.82 Å². The first-order valence-corrected chi connectivity index (χ1v) is 22.8. The van der Waals surface area contributed by atoms with Crippen molar-refractivity contribution in [2.45, 2.75) is 87.9 Å². The fraction of sp³-hybridized carbons (Fsp3) is 0.364. The van der Waals surface area contributed by atoms with Gasteiger partial charge in [-0.3, -0.25) is 4.98 Å². The van der Waals surface area contributed by atoms with Crippen molar-refractivity contribution in [3.05, 3.63) is 120 Å². The van der Waals surface area contributed by atoms with Gasteiger partial charge in [0, 0.05) is 43.9 Å². The summed E-state index contributed by atoms with van der Waals surface area (Å²) < 4.78 is 9.29. The average molecular weight is 749 g/mol. The van der Waals surface area contributed by atoms with Gasteiger partial charge in [-0.15, -0.1) is 0 Å². The van der Waals surface area contributed by atoms with E-state index in [0.29, 0.717) is 34.5 Å². The molecule has 17 rings (SSSR count). The summed E-state index contributed by atoms with van der Waals surface area (Å²) in [5.74, 6) is 6.27. The van der Waals surface area contributed by atoms with Gasteiger partial charge in [-0.05, 0) is 186 Å². The molecule has 8 aliphatic carbocycles. The summed E-state index contributed by atoms with van der Waals surface area (Å²) in [6, 6.07) is 34.9. The lowest BCUT2D eigenvalue weighted by Crippen LogP contribution is -2.41. The lowest BCUT2D eigenvalue weighted by Gasteiger charge is -2.48. The highest BCUT2D eigenvalue weighted by Crippen LogP contribution is 2.78. The molecule has 4 aromatic heterocycles. The standard InChI is InChI=1S/C55H44N2O/c1-2-7-27(8-3-1)39-21-42-50(47-30-14-34-19-33-13-29(46(39)47)22-54(33,34)23-30)40-17-28(37-10-6-12-45-49(37)38-9-4-5-11-44(38)58-45)18-41-51-43(57(42)53(40)41)26-56-52-32-16-36-20-35-15-31(48(51)52)24-55(35,36)25-32/h1-12,17-18,21,26,29-36H,13-16,19-20,22-25H2. The van der Waals surface area contributed by atoms with Crippen LogP contribution in [0.5, 0.6) is 0 Å². The van der Waals surface area contributed by atoms with E-state index in [2.05, 4.69) is 102 Å². The van der Waals surface area contributed by atoms with Gasteiger partial charge in [-0.1, -0.05) is 60.7 Å². The molecule has 58 heavy (non-hydrogen) atoms. The first-order chi connectivity index (χ1) is 28.6. The number of rotatable bonds is 2. The molecule has 0 saturated heterocycles. The second-order valence-electron chi connectivity index (χ2n) is 21.1. The Balaban J connectivity index is 1.06. The maximum Gasteiger partial charge on any atom is 0.136 e. The van der Waals surface area contributed by atoms with Crippen LogP contribution in [0.2, 0.25) is 0 Å². The normalized spacial score (nSPS) is 34.3. The molecule has 6 fully saturated rings. The van der Waals surface area contributed by atoms with Crippen molar-refractivity contribution in [3.8, 4) is 22.3 Å². The minimum Gasteiger partial charge on any atom is -0.456 e. The van der Waals surface area contributed by atoms with Gasteiger partial charge in [0.05, 0.1) is 22.7 Å². The third-order valence-electron chi connectivity index (χ3n) is 19.5. The molecule has 9 aromatic rings. The number of hydrogen-bond donors (Lipinski definition) is 0. The number of hydrogen-bond acceptors (Lipinski definition) is 2. The second kappa shape index (κ2) is 9.49. The molecule has 0 amide bonds. The Hall–Kier alpha value is -5.15. The number of furan rings is 1. The quantitative estimate of drug-likeness (QED) is 0.176. The largest absolute Gasteiger partial charge is 0.456 e. The third kappa shape index (κ3) is 3.13. The van der Waals surface area contributed by atoms with E-state index < -0.39 is 0 Å². The van der Waals surface area contributed by atoms with Crippen LogP contribution in [0.3, 0.4) is 0 Å². The van der Waals surface area contributed by atoms with Crippen LogP contribution in [0.1, 0.15) is 110 Å². The number of para-hydroxylation sites is 1. The highest BCUT2D eigenvalue weighted by Gasteiger charge is 2.67. The van der Waals surface area contributed by atoms with Gasteiger partial charge >= 0.3 is 0 Å². The predicted molar refractivity (Wildman–Crippen MR) is 233 cm³/mol. The summed E-state index contributed by atoms with van der Waals surface area (Å²) in [7, 11) is 0. The fourth-order valence-electron chi connectivity index (χ4n) is 17.6. The number of fused-ring (bicyclic) bond motifs is 21. The molecule has 8 aliphatic rings. The van der Waals surface area contributed by atoms with E-state index in [-0.39, 0.29) is 0 Å². The zero-order valence-corrected chi connectivity index (χ0v) is 32.7. The molecule has 10 unspecified atom stereocenters. The predicted octanol–water partition coefficient (Wildman–Crippen LogP) is 14.2. The Bertz CT molecular complexity index is 3390. The molecule has 2 spiro atoms. The number of nitrogens with zero attached hydrogens (tertiary/aromatic N) is 2. The second-order valence-corrected chi connectivity index (χ2v) is 21.1. The van der Waals surface area contributed by atoms with E-state index in [4.69, 9.17) is 9.40 Å². The van der Waals surface area contributed by atoms with Crippen LogP contribution in [0.25, 0.3) is 82.3 Å². The average Bonchev–Trinajstić information content (AvgIpc) is 4.09. The minimum absolute atomic E-state index is 0.588. The molecule has 4 heterocycles. The zero-order valence-electron chi connectivity index (χ0n) is 32.7. The van der Waals surface area contributed by atoms with Crippen LogP contribution in [-0.2, 0) is 0 Å². The van der Waals surface area contributed by atoms with Crippen molar-refractivity contribution < 1.29 is 4.42 Å². The molecule has 3 nitrogen and oxygen atoms in total. The zero-order chi connectivity index (χ0) is 37.0. The lowest BCUT2D eigenvalue weighted by molar-refractivity contribution is 0.00321. The molecule has 0 aliphatic heterocycles. The number of aromatic nitrogens is 2. The maximum atomic E-state index is 6.55. The summed E-state index contributed by atoms with van der Waals surface area (Å²) in [5.41, 5.74) is 19.4. The molecule has 0 N–H and O–H groups in total. The van der Waals surface area contributed by atoms with E-state index in [1.807, 2.05) is 0 Å². The van der Waals surface area contributed by atoms with Gasteiger partial charge in [0.1, 0.15) is 11.2 Å². The summed E-state index contributed by atoms with van der Waals surface area (Å²) in [5, 5.41) is 8.48. The fourth-order valence-corrected chi connectivity index (χ4v) is 17.6. The van der Waals surface area contributed by atoms with Gasteiger partial charge in [0.15, 0.2) is 0 Å². The first-order valence-electron chi connectivity index (χ1n) is 22.8. The molecule has 6 bridgehead atoms. The van der Waals surface area contributed by atoms with Crippen LogP contribution in [0.4, 0.5) is 0 Å². The molecule has 6 saturated carbocycles. The Morgan fingerprint density at radius 2 is 1.14 bits per heavy atom. The minimum atomic E-state index is 0.588. The van der Waals surface area contributed by atoms with Crippen molar-refractivity contribution in [2.75, 3.05) is 0 Å². The molecular formula is C55H44N2O. The topological polar surface area (TPSA) is 30.4 Å².